The highest BCUT2D eigenvalue weighted by Gasteiger charge is 2.29. The zero-order valence-electron chi connectivity index (χ0n) is 7.42. The van der Waals surface area contributed by atoms with Crippen molar-refractivity contribution in [3.63, 3.8) is 0 Å². The van der Waals surface area contributed by atoms with E-state index in [-0.39, 0.29) is 5.91 Å². The highest BCUT2D eigenvalue weighted by atomic mass is 16.2. The number of amides is 1. The number of rotatable bonds is 2. The Morgan fingerprint density at radius 3 is 2.64 bits per heavy atom. The lowest BCUT2D eigenvalue weighted by atomic mass is 10.0. The molecule has 0 saturated carbocycles. The Hall–Kier alpha value is -0.570. The second-order valence-corrected chi connectivity index (χ2v) is 3.32. The van der Waals surface area contributed by atoms with Crippen LogP contribution in [0.5, 0.6) is 0 Å². The zero-order chi connectivity index (χ0) is 8.43. The van der Waals surface area contributed by atoms with Crippen LogP contribution in [-0.2, 0) is 4.79 Å². The minimum absolute atomic E-state index is 0.228. The summed E-state index contributed by atoms with van der Waals surface area (Å²) in [5.41, 5.74) is 3.17. The van der Waals surface area contributed by atoms with Gasteiger partial charge in [-0.3, -0.25) is 9.80 Å². The van der Waals surface area contributed by atoms with Gasteiger partial charge in [0.2, 0.25) is 5.91 Å². The number of hydrogen-bond acceptors (Lipinski definition) is 2. The van der Waals surface area contributed by atoms with Crippen molar-refractivity contribution in [2.45, 2.75) is 33.2 Å². The number of hydrogen-bond donors (Lipinski definition) is 1. The number of hydrazine groups is 1. The second kappa shape index (κ2) is 3.22. The smallest absolute Gasteiger partial charge is 0.238 e. The number of nitrogens with one attached hydrogen (secondary N) is 1. The SMILES string of the molecule is CCN1NC(C(C)C)CC1=O. The Morgan fingerprint density at radius 1 is 1.73 bits per heavy atom. The summed E-state index contributed by atoms with van der Waals surface area (Å²) in [6.07, 6.45) is 0.658. The maximum absolute atomic E-state index is 11.2. The lowest BCUT2D eigenvalue weighted by Gasteiger charge is -2.17. The quantitative estimate of drug-likeness (QED) is 0.640. The fourth-order valence-corrected chi connectivity index (χ4v) is 1.27. The maximum atomic E-state index is 11.2. The standard InChI is InChI=1S/C8H16N2O/c1-4-10-8(11)5-7(9-10)6(2)3/h6-7,9H,4-5H2,1-3H3. The van der Waals surface area contributed by atoms with Crippen molar-refractivity contribution in [2.75, 3.05) is 6.54 Å². The van der Waals surface area contributed by atoms with Crippen LogP contribution in [0, 0.1) is 5.92 Å². The van der Waals surface area contributed by atoms with Gasteiger partial charge in [-0.2, -0.15) is 0 Å². The molecule has 1 atom stereocenters. The molecule has 1 heterocycles. The summed E-state index contributed by atoms with van der Waals surface area (Å²) in [6, 6.07) is 0.349. The summed E-state index contributed by atoms with van der Waals surface area (Å²) in [5, 5.41) is 1.70. The van der Waals surface area contributed by atoms with Crippen LogP contribution in [0.4, 0.5) is 0 Å². The van der Waals surface area contributed by atoms with Crippen LogP contribution in [0.3, 0.4) is 0 Å². The molecule has 0 radical (unpaired) electrons. The largest absolute Gasteiger partial charge is 0.278 e. The fraction of sp³-hybridized carbons (Fsp3) is 0.875. The van der Waals surface area contributed by atoms with Crippen molar-refractivity contribution in [1.29, 1.82) is 0 Å². The number of carbonyl (C=O) groups is 1. The topological polar surface area (TPSA) is 32.3 Å². The molecule has 1 N–H and O–H groups in total. The lowest BCUT2D eigenvalue weighted by molar-refractivity contribution is -0.129. The normalized spacial score (nSPS) is 25.3. The van der Waals surface area contributed by atoms with Crippen molar-refractivity contribution in [2.24, 2.45) is 5.92 Å². The third kappa shape index (κ3) is 1.71. The molecule has 0 aromatic rings. The van der Waals surface area contributed by atoms with E-state index in [1.165, 1.54) is 0 Å². The Balaban J connectivity index is 2.49. The predicted molar refractivity (Wildman–Crippen MR) is 43.8 cm³/mol. The van der Waals surface area contributed by atoms with Crippen LogP contribution in [0.1, 0.15) is 27.2 Å². The highest BCUT2D eigenvalue weighted by molar-refractivity contribution is 5.78. The van der Waals surface area contributed by atoms with Gasteiger partial charge >= 0.3 is 0 Å². The molecule has 1 rings (SSSR count). The molecule has 64 valence electrons. The van der Waals surface area contributed by atoms with Crippen LogP contribution in [0.2, 0.25) is 0 Å². The van der Waals surface area contributed by atoms with Crippen molar-refractivity contribution in [3.8, 4) is 0 Å². The third-order valence-electron chi connectivity index (χ3n) is 2.14. The van der Waals surface area contributed by atoms with Crippen molar-refractivity contribution in [3.05, 3.63) is 0 Å². The molecule has 3 heteroatoms. The van der Waals surface area contributed by atoms with Gasteiger partial charge in [-0.05, 0) is 12.8 Å². The van der Waals surface area contributed by atoms with Crippen LogP contribution in [-0.4, -0.2) is 23.5 Å². The van der Waals surface area contributed by atoms with Gasteiger partial charge in [0.1, 0.15) is 0 Å². The molecule has 0 bridgehead atoms. The van der Waals surface area contributed by atoms with E-state index in [1.807, 2.05) is 6.92 Å². The first-order valence-electron chi connectivity index (χ1n) is 4.21. The van der Waals surface area contributed by atoms with E-state index < -0.39 is 0 Å². The Bertz CT molecular complexity index is 156. The van der Waals surface area contributed by atoms with Crippen LogP contribution in [0.15, 0.2) is 0 Å². The maximum Gasteiger partial charge on any atom is 0.238 e. The fourth-order valence-electron chi connectivity index (χ4n) is 1.27. The second-order valence-electron chi connectivity index (χ2n) is 3.32. The van der Waals surface area contributed by atoms with Crippen molar-refractivity contribution >= 4 is 5.91 Å². The van der Waals surface area contributed by atoms with E-state index in [2.05, 4.69) is 19.3 Å². The molecule has 1 aliphatic heterocycles. The molecule has 0 aromatic carbocycles. The lowest BCUT2D eigenvalue weighted by Crippen LogP contribution is -2.38. The summed E-state index contributed by atoms with van der Waals surface area (Å²) in [4.78, 5) is 11.2. The Kier molecular flexibility index (Phi) is 2.49. The van der Waals surface area contributed by atoms with E-state index in [1.54, 1.807) is 5.01 Å². The van der Waals surface area contributed by atoms with Crippen LogP contribution < -0.4 is 5.43 Å². The molecule has 1 unspecified atom stereocenters. The minimum atomic E-state index is 0.228. The zero-order valence-corrected chi connectivity index (χ0v) is 7.42. The molecule has 0 aliphatic carbocycles. The van der Waals surface area contributed by atoms with E-state index in [0.29, 0.717) is 18.4 Å². The molecule has 0 spiro atoms. The Labute approximate surface area is 67.7 Å². The molecule has 1 amide bonds. The van der Waals surface area contributed by atoms with E-state index in [0.717, 1.165) is 6.54 Å². The molecule has 1 saturated heterocycles. The van der Waals surface area contributed by atoms with Gasteiger partial charge in [0.25, 0.3) is 0 Å². The van der Waals surface area contributed by atoms with Gasteiger partial charge in [0.15, 0.2) is 0 Å². The first kappa shape index (κ1) is 8.53. The molecule has 0 aromatic heterocycles. The predicted octanol–water partition coefficient (Wildman–Crippen LogP) is 0.768. The molecule has 1 fully saturated rings. The van der Waals surface area contributed by atoms with E-state index in [9.17, 15) is 4.79 Å². The van der Waals surface area contributed by atoms with Gasteiger partial charge in [-0.15, -0.1) is 0 Å². The summed E-state index contributed by atoms with van der Waals surface area (Å²) < 4.78 is 0. The van der Waals surface area contributed by atoms with Gasteiger partial charge in [0, 0.05) is 19.0 Å². The summed E-state index contributed by atoms with van der Waals surface area (Å²) in [6.45, 7) is 7.00. The van der Waals surface area contributed by atoms with E-state index >= 15 is 0 Å². The van der Waals surface area contributed by atoms with E-state index in [4.69, 9.17) is 0 Å². The molecular formula is C8H16N2O. The highest BCUT2D eigenvalue weighted by Crippen LogP contribution is 2.14. The van der Waals surface area contributed by atoms with Crippen molar-refractivity contribution in [1.82, 2.24) is 10.4 Å². The summed E-state index contributed by atoms with van der Waals surface area (Å²) in [7, 11) is 0. The monoisotopic (exact) mass is 156 g/mol. The summed E-state index contributed by atoms with van der Waals surface area (Å²) >= 11 is 0. The average Bonchev–Trinajstić information content (AvgIpc) is 2.31. The van der Waals surface area contributed by atoms with Gasteiger partial charge < -0.3 is 0 Å². The summed E-state index contributed by atoms with van der Waals surface area (Å²) in [5.74, 6) is 0.765. The van der Waals surface area contributed by atoms with Gasteiger partial charge in [-0.25, -0.2) is 5.43 Å². The average molecular weight is 156 g/mol. The van der Waals surface area contributed by atoms with Crippen molar-refractivity contribution < 1.29 is 4.79 Å². The molecule has 11 heavy (non-hydrogen) atoms. The molecular weight excluding hydrogens is 140 g/mol. The number of carbonyl (C=O) groups excluding carboxylic acids is 1. The van der Waals surface area contributed by atoms with Crippen LogP contribution in [0.25, 0.3) is 0 Å². The van der Waals surface area contributed by atoms with Crippen LogP contribution >= 0.6 is 0 Å². The first-order valence-corrected chi connectivity index (χ1v) is 4.21. The minimum Gasteiger partial charge on any atom is -0.278 e. The number of nitrogens with zero attached hydrogens (tertiary/aromatic N) is 1. The van der Waals surface area contributed by atoms with Gasteiger partial charge in [0.05, 0.1) is 0 Å². The Morgan fingerprint density at radius 2 is 2.36 bits per heavy atom. The van der Waals surface area contributed by atoms with Gasteiger partial charge in [-0.1, -0.05) is 13.8 Å². The first-order chi connectivity index (χ1) is 5.15. The molecule has 3 nitrogen and oxygen atoms in total. The third-order valence-corrected chi connectivity index (χ3v) is 2.14. The molecule has 1 aliphatic rings.